The highest BCUT2D eigenvalue weighted by Crippen LogP contribution is 2.40. The first-order valence-corrected chi connectivity index (χ1v) is 10.6. The summed E-state index contributed by atoms with van der Waals surface area (Å²) >= 11 is 1.83. The van der Waals surface area contributed by atoms with Gasteiger partial charge in [0.25, 0.3) is 0 Å². The van der Waals surface area contributed by atoms with Crippen LogP contribution in [0.3, 0.4) is 0 Å². The minimum absolute atomic E-state index is 0.0383. The smallest absolute Gasteiger partial charge is 0.123 e. The Kier molecular flexibility index (Phi) is 4.01. The summed E-state index contributed by atoms with van der Waals surface area (Å²) < 4.78 is 15.0. The van der Waals surface area contributed by atoms with Crippen LogP contribution in [-0.4, -0.2) is 4.98 Å². The molecule has 0 aliphatic heterocycles. The average molecular weight is 400 g/mol. The Labute approximate surface area is 173 Å². The van der Waals surface area contributed by atoms with Gasteiger partial charge in [-0.05, 0) is 75.8 Å². The predicted octanol–water partition coefficient (Wildman–Crippen LogP) is 8.01. The highest BCUT2D eigenvalue weighted by molar-refractivity contribution is 7.19. The van der Waals surface area contributed by atoms with Crippen molar-refractivity contribution in [3.63, 3.8) is 0 Å². The number of nitrogens with zero attached hydrogens (tertiary/aromatic N) is 1. The number of hydrogen-bond donors (Lipinski definition) is 0. The lowest BCUT2D eigenvalue weighted by molar-refractivity contribution is 0.596. The van der Waals surface area contributed by atoms with Gasteiger partial charge in [-0.3, -0.25) is 4.98 Å². The summed E-state index contributed by atoms with van der Waals surface area (Å²) in [5, 5.41) is 5.50. The molecule has 2 aromatic heterocycles. The van der Waals surface area contributed by atoms with Gasteiger partial charge >= 0.3 is 0 Å². The maximum Gasteiger partial charge on any atom is 0.123 e. The lowest BCUT2D eigenvalue weighted by Crippen LogP contribution is -2.11. The highest BCUT2D eigenvalue weighted by Gasteiger charge is 2.20. The molecule has 29 heavy (non-hydrogen) atoms. The van der Waals surface area contributed by atoms with Gasteiger partial charge in [0.2, 0.25) is 0 Å². The van der Waals surface area contributed by atoms with Crippen LogP contribution in [0, 0.1) is 12.7 Å². The average Bonchev–Trinajstić information content (AvgIpc) is 3.05. The van der Waals surface area contributed by atoms with Gasteiger partial charge in [-0.2, -0.15) is 0 Å². The van der Waals surface area contributed by atoms with E-state index in [-0.39, 0.29) is 11.2 Å². The van der Waals surface area contributed by atoms with Gasteiger partial charge in [-0.15, -0.1) is 11.3 Å². The third kappa shape index (κ3) is 3.01. The molecule has 0 saturated carbocycles. The molecule has 1 nitrogen and oxygen atoms in total. The van der Waals surface area contributed by atoms with Crippen molar-refractivity contribution in [2.75, 3.05) is 0 Å². The quantitative estimate of drug-likeness (QED) is 0.260. The van der Waals surface area contributed by atoms with E-state index in [2.05, 4.69) is 52.0 Å². The molecule has 3 heteroatoms. The van der Waals surface area contributed by atoms with E-state index in [1.807, 2.05) is 35.7 Å². The van der Waals surface area contributed by atoms with Crippen LogP contribution >= 0.6 is 11.3 Å². The van der Waals surface area contributed by atoms with E-state index in [1.54, 1.807) is 6.07 Å². The Bertz CT molecular complexity index is 1410. The third-order valence-electron chi connectivity index (χ3n) is 5.57. The zero-order chi connectivity index (χ0) is 20.3. The van der Waals surface area contributed by atoms with Gasteiger partial charge in [-0.1, -0.05) is 39.0 Å². The fourth-order valence-corrected chi connectivity index (χ4v) is 5.21. The van der Waals surface area contributed by atoms with E-state index in [1.165, 1.54) is 26.6 Å². The van der Waals surface area contributed by atoms with Crippen molar-refractivity contribution >= 4 is 43.0 Å². The molecule has 0 atom stereocenters. The number of aryl methyl sites for hydroxylation is 1. The Morgan fingerprint density at radius 1 is 0.828 bits per heavy atom. The Balaban J connectivity index is 1.84. The number of rotatable bonds is 1. The van der Waals surface area contributed by atoms with Crippen molar-refractivity contribution in [1.29, 1.82) is 0 Å². The first-order valence-electron chi connectivity index (χ1n) is 9.83. The highest BCUT2D eigenvalue weighted by atomic mass is 32.1. The zero-order valence-corrected chi connectivity index (χ0v) is 17.8. The molecule has 5 rings (SSSR count). The van der Waals surface area contributed by atoms with Gasteiger partial charge in [0.15, 0.2) is 0 Å². The van der Waals surface area contributed by atoms with Gasteiger partial charge < -0.3 is 0 Å². The molecule has 2 heterocycles. The van der Waals surface area contributed by atoms with Crippen LogP contribution in [-0.2, 0) is 5.41 Å². The van der Waals surface area contributed by atoms with Crippen LogP contribution in [0.4, 0.5) is 4.39 Å². The van der Waals surface area contributed by atoms with Crippen LogP contribution in [0.1, 0.15) is 31.2 Å². The fourth-order valence-electron chi connectivity index (χ4n) is 4.22. The molecule has 0 spiro atoms. The molecule has 0 bridgehead atoms. The maximum atomic E-state index is 13.7. The maximum absolute atomic E-state index is 13.7. The van der Waals surface area contributed by atoms with Crippen molar-refractivity contribution in [1.82, 2.24) is 4.98 Å². The number of thiophene rings is 1. The van der Waals surface area contributed by atoms with Crippen LogP contribution in [0.5, 0.6) is 0 Å². The molecular weight excluding hydrogens is 377 g/mol. The second-order valence-electron chi connectivity index (χ2n) is 8.73. The molecule has 0 amide bonds. The van der Waals surface area contributed by atoms with Gasteiger partial charge in [0.1, 0.15) is 5.82 Å². The van der Waals surface area contributed by atoms with E-state index in [4.69, 9.17) is 4.98 Å². The van der Waals surface area contributed by atoms with Crippen LogP contribution in [0.15, 0.2) is 60.8 Å². The van der Waals surface area contributed by atoms with E-state index < -0.39 is 0 Å². The second-order valence-corrected chi connectivity index (χ2v) is 10.0. The third-order valence-corrected chi connectivity index (χ3v) is 6.56. The second kappa shape index (κ2) is 6.36. The summed E-state index contributed by atoms with van der Waals surface area (Å²) in [7, 11) is 0. The first kappa shape index (κ1) is 18.3. The lowest BCUT2D eigenvalue weighted by atomic mass is 9.83. The number of halogens is 1. The molecule has 3 aromatic carbocycles. The van der Waals surface area contributed by atoms with Crippen molar-refractivity contribution in [3.8, 4) is 11.3 Å². The van der Waals surface area contributed by atoms with Crippen LogP contribution in [0.25, 0.3) is 42.9 Å². The minimum Gasteiger partial charge on any atom is -0.256 e. The minimum atomic E-state index is -0.209. The normalized spacial score (nSPS) is 12.3. The lowest BCUT2D eigenvalue weighted by Gasteiger charge is -2.21. The van der Waals surface area contributed by atoms with Crippen molar-refractivity contribution in [3.05, 3.63) is 77.1 Å². The topological polar surface area (TPSA) is 12.9 Å². The summed E-state index contributed by atoms with van der Waals surface area (Å²) in [4.78, 5) is 6.09. The molecule has 0 N–H and O–H groups in total. The summed E-state index contributed by atoms with van der Waals surface area (Å²) in [5.74, 6) is -0.209. The van der Waals surface area contributed by atoms with Gasteiger partial charge in [0.05, 0.1) is 5.69 Å². The van der Waals surface area contributed by atoms with Crippen molar-refractivity contribution in [2.45, 2.75) is 33.1 Å². The number of hydrogen-bond acceptors (Lipinski definition) is 2. The molecule has 0 radical (unpaired) electrons. The molecule has 0 fully saturated rings. The van der Waals surface area contributed by atoms with Crippen molar-refractivity contribution in [2.24, 2.45) is 0 Å². The fraction of sp³-hybridized carbons (Fsp3) is 0.192. The number of benzene rings is 3. The van der Waals surface area contributed by atoms with E-state index in [0.29, 0.717) is 0 Å². The summed E-state index contributed by atoms with van der Waals surface area (Å²) in [6, 6.07) is 17.9. The molecular formula is C26H22FNS. The van der Waals surface area contributed by atoms with E-state index >= 15 is 0 Å². The van der Waals surface area contributed by atoms with E-state index in [0.717, 1.165) is 32.8 Å². The SMILES string of the molecule is Cc1cc2c(C(C)(C)C)cc(-c3nccc4c3ccc3cc(F)ccc34)cc2s1. The monoisotopic (exact) mass is 399 g/mol. The van der Waals surface area contributed by atoms with Crippen LogP contribution in [0.2, 0.25) is 0 Å². The molecule has 0 aliphatic carbocycles. The zero-order valence-electron chi connectivity index (χ0n) is 17.0. The number of fused-ring (bicyclic) bond motifs is 4. The summed E-state index contributed by atoms with van der Waals surface area (Å²) in [6.45, 7) is 8.95. The Morgan fingerprint density at radius 3 is 2.41 bits per heavy atom. The molecule has 5 aromatic rings. The van der Waals surface area contributed by atoms with Crippen molar-refractivity contribution < 1.29 is 4.39 Å². The number of aromatic nitrogens is 1. The molecule has 0 saturated heterocycles. The van der Waals surface area contributed by atoms with Crippen LogP contribution < -0.4 is 0 Å². The Morgan fingerprint density at radius 2 is 1.62 bits per heavy atom. The van der Waals surface area contributed by atoms with Gasteiger partial charge in [0, 0.05) is 26.7 Å². The first-order chi connectivity index (χ1) is 13.8. The standard InChI is InChI=1S/C26H22FNS/c1-15-11-22-23(26(2,3)4)13-17(14-24(22)29-15)25-21-7-5-16-12-18(27)6-8-19(16)20(21)9-10-28-25/h5-14H,1-4H3. The summed E-state index contributed by atoms with van der Waals surface area (Å²) in [6.07, 6.45) is 1.86. The predicted molar refractivity (Wildman–Crippen MR) is 123 cm³/mol. The Hall–Kier alpha value is -2.78. The summed E-state index contributed by atoms with van der Waals surface area (Å²) in [5.41, 5.74) is 3.50. The number of pyridine rings is 1. The molecule has 0 aliphatic rings. The molecule has 0 unspecified atom stereocenters. The molecule has 144 valence electrons. The van der Waals surface area contributed by atoms with E-state index in [9.17, 15) is 4.39 Å². The largest absolute Gasteiger partial charge is 0.256 e. The van der Waals surface area contributed by atoms with Gasteiger partial charge in [-0.25, -0.2) is 4.39 Å².